The minimum absolute atomic E-state index is 0.167. The van der Waals surface area contributed by atoms with Gasteiger partial charge < -0.3 is 0 Å². The van der Waals surface area contributed by atoms with Crippen LogP contribution in [0.25, 0.3) is 11.4 Å². The molecule has 0 unspecified atom stereocenters. The van der Waals surface area contributed by atoms with Crippen LogP contribution in [-0.4, -0.2) is 40.7 Å². The Labute approximate surface area is 124 Å². The predicted octanol–water partition coefficient (Wildman–Crippen LogP) is 1.88. The van der Waals surface area contributed by atoms with Crippen LogP contribution in [0.3, 0.4) is 0 Å². The SMILES string of the molecule is Cc1cc(-c2cccc([C@H]3CCCN3S(C)(=O)=O)n2)n[nH]1. The van der Waals surface area contributed by atoms with Gasteiger partial charge in [0.15, 0.2) is 0 Å². The fourth-order valence-corrected chi connectivity index (χ4v) is 3.90. The summed E-state index contributed by atoms with van der Waals surface area (Å²) in [6, 6.07) is 7.44. The second-order valence-electron chi connectivity index (χ2n) is 5.42. The summed E-state index contributed by atoms with van der Waals surface area (Å²) in [6.45, 7) is 2.50. The van der Waals surface area contributed by atoms with Gasteiger partial charge in [-0.05, 0) is 38.0 Å². The van der Waals surface area contributed by atoms with Crippen molar-refractivity contribution in [3.63, 3.8) is 0 Å². The average Bonchev–Trinajstić information content (AvgIpc) is 3.06. The molecule has 3 rings (SSSR count). The van der Waals surface area contributed by atoms with Crippen molar-refractivity contribution in [1.82, 2.24) is 19.5 Å². The normalized spacial score (nSPS) is 20.0. The molecule has 2 aromatic rings. The second-order valence-corrected chi connectivity index (χ2v) is 7.35. The van der Waals surface area contributed by atoms with Gasteiger partial charge in [-0.1, -0.05) is 6.07 Å². The summed E-state index contributed by atoms with van der Waals surface area (Å²) < 4.78 is 25.2. The number of H-pyrrole nitrogens is 1. The van der Waals surface area contributed by atoms with E-state index in [1.165, 1.54) is 10.6 Å². The molecular formula is C14H18N4O2S. The quantitative estimate of drug-likeness (QED) is 0.939. The zero-order valence-electron chi connectivity index (χ0n) is 12.1. The molecule has 112 valence electrons. The van der Waals surface area contributed by atoms with Crippen LogP contribution in [0.1, 0.15) is 30.3 Å². The highest BCUT2D eigenvalue weighted by Crippen LogP contribution is 2.33. The molecule has 0 saturated carbocycles. The molecule has 21 heavy (non-hydrogen) atoms. The van der Waals surface area contributed by atoms with Crippen molar-refractivity contribution in [3.05, 3.63) is 35.7 Å². The third kappa shape index (κ3) is 2.84. The zero-order chi connectivity index (χ0) is 15.0. The minimum Gasteiger partial charge on any atom is -0.282 e. The summed E-state index contributed by atoms with van der Waals surface area (Å²) in [5.74, 6) is 0. The first-order valence-corrected chi connectivity index (χ1v) is 8.76. The standard InChI is InChI=1S/C14H18N4O2S/c1-10-9-13(17-16-10)11-5-3-6-12(15-11)14-7-4-8-18(14)21(2,19)20/h3,5-6,9,14H,4,7-8H2,1-2H3,(H,16,17)/t14-/m1/s1. The number of aromatic nitrogens is 3. The Kier molecular flexibility index (Phi) is 3.54. The van der Waals surface area contributed by atoms with Crippen LogP contribution < -0.4 is 0 Å². The summed E-state index contributed by atoms with van der Waals surface area (Å²) in [5.41, 5.74) is 3.29. The van der Waals surface area contributed by atoms with Gasteiger partial charge in [0.05, 0.1) is 23.7 Å². The molecule has 7 heteroatoms. The van der Waals surface area contributed by atoms with Crippen LogP contribution in [-0.2, 0) is 10.0 Å². The van der Waals surface area contributed by atoms with Gasteiger partial charge >= 0.3 is 0 Å². The molecule has 1 N–H and O–H groups in total. The van der Waals surface area contributed by atoms with E-state index in [-0.39, 0.29) is 6.04 Å². The monoisotopic (exact) mass is 306 g/mol. The van der Waals surface area contributed by atoms with Gasteiger partial charge in [0.2, 0.25) is 10.0 Å². The third-order valence-electron chi connectivity index (χ3n) is 3.71. The van der Waals surface area contributed by atoms with Gasteiger partial charge in [0, 0.05) is 12.2 Å². The summed E-state index contributed by atoms with van der Waals surface area (Å²) in [6.07, 6.45) is 2.93. The number of hydrogen-bond donors (Lipinski definition) is 1. The number of pyridine rings is 1. The van der Waals surface area contributed by atoms with E-state index in [0.717, 1.165) is 35.6 Å². The summed E-state index contributed by atoms with van der Waals surface area (Å²) >= 11 is 0. The van der Waals surface area contributed by atoms with E-state index in [0.29, 0.717) is 6.54 Å². The molecule has 1 aliphatic rings. The number of nitrogens with one attached hydrogen (secondary N) is 1. The van der Waals surface area contributed by atoms with Gasteiger partial charge in [0.1, 0.15) is 5.69 Å². The van der Waals surface area contributed by atoms with Crippen LogP contribution in [0.15, 0.2) is 24.3 Å². The van der Waals surface area contributed by atoms with Crippen molar-refractivity contribution in [3.8, 4) is 11.4 Å². The highest BCUT2D eigenvalue weighted by molar-refractivity contribution is 7.88. The van der Waals surface area contributed by atoms with Crippen LogP contribution in [0.4, 0.5) is 0 Å². The zero-order valence-corrected chi connectivity index (χ0v) is 12.9. The van der Waals surface area contributed by atoms with Crippen molar-refractivity contribution in [2.24, 2.45) is 0 Å². The molecule has 0 aromatic carbocycles. The lowest BCUT2D eigenvalue weighted by Gasteiger charge is -2.21. The molecule has 1 atom stereocenters. The molecule has 1 aliphatic heterocycles. The Morgan fingerprint density at radius 3 is 2.81 bits per heavy atom. The lowest BCUT2D eigenvalue weighted by molar-refractivity contribution is 0.394. The number of aryl methyl sites for hydroxylation is 1. The van der Waals surface area contributed by atoms with E-state index in [4.69, 9.17) is 0 Å². The number of aromatic amines is 1. The molecule has 6 nitrogen and oxygen atoms in total. The molecule has 0 amide bonds. The first-order chi connectivity index (χ1) is 9.95. The Hall–Kier alpha value is -1.73. The minimum atomic E-state index is -3.20. The van der Waals surface area contributed by atoms with Crippen molar-refractivity contribution in [2.75, 3.05) is 12.8 Å². The van der Waals surface area contributed by atoms with Gasteiger partial charge in [-0.25, -0.2) is 13.4 Å². The molecule has 0 radical (unpaired) electrons. The van der Waals surface area contributed by atoms with Gasteiger partial charge in [-0.15, -0.1) is 0 Å². The highest BCUT2D eigenvalue weighted by Gasteiger charge is 2.33. The summed E-state index contributed by atoms with van der Waals surface area (Å²) in [5, 5.41) is 7.10. The highest BCUT2D eigenvalue weighted by atomic mass is 32.2. The summed E-state index contributed by atoms with van der Waals surface area (Å²) in [7, 11) is -3.20. The molecule has 3 heterocycles. The van der Waals surface area contributed by atoms with E-state index in [1.54, 1.807) is 0 Å². The van der Waals surface area contributed by atoms with Gasteiger partial charge in [0.25, 0.3) is 0 Å². The average molecular weight is 306 g/mol. The lowest BCUT2D eigenvalue weighted by atomic mass is 10.1. The number of rotatable bonds is 3. The van der Waals surface area contributed by atoms with Crippen molar-refractivity contribution in [2.45, 2.75) is 25.8 Å². The number of sulfonamides is 1. The Balaban J connectivity index is 1.96. The molecule has 1 saturated heterocycles. The second kappa shape index (κ2) is 5.23. The first-order valence-electron chi connectivity index (χ1n) is 6.91. The number of nitrogens with zero attached hydrogens (tertiary/aromatic N) is 3. The summed E-state index contributed by atoms with van der Waals surface area (Å²) in [4.78, 5) is 4.61. The lowest BCUT2D eigenvalue weighted by Crippen LogP contribution is -2.29. The van der Waals surface area contributed by atoms with E-state index >= 15 is 0 Å². The van der Waals surface area contributed by atoms with Crippen molar-refractivity contribution < 1.29 is 8.42 Å². The van der Waals surface area contributed by atoms with Crippen LogP contribution in [0.2, 0.25) is 0 Å². The topological polar surface area (TPSA) is 79.0 Å². The third-order valence-corrected chi connectivity index (χ3v) is 5.00. The molecule has 1 fully saturated rings. The van der Waals surface area contributed by atoms with Crippen molar-refractivity contribution in [1.29, 1.82) is 0 Å². The van der Waals surface area contributed by atoms with Crippen LogP contribution in [0, 0.1) is 6.92 Å². The largest absolute Gasteiger partial charge is 0.282 e. The van der Waals surface area contributed by atoms with Crippen LogP contribution in [0.5, 0.6) is 0 Å². The van der Waals surface area contributed by atoms with Crippen molar-refractivity contribution >= 4 is 10.0 Å². The number of hydrogen-bond acceptors (Lipinski definition) is 4. The van der Waals surface area contributed by atoms with E-state index < -0.39 is 10.0 Å². The predicted molar refractivity (Wildman–Crippen MR) is 80.1 cm³/mol. The Morgan fingerprint density at radius 2 is 2.14 bits per heavy atom. The Morgan fingerprint density at radius 1 is 1.33 bits per heavy atom. The molecule has 0 spiro atoms. The maximum atomic E-state index is 11.9. The first kappa shape index (κ1) is 14.2. The van der Waals surface area contributed by atoms with E-state index in [1.807, 2.05) is 31.2 Å². The molecule has 2 aromatic heterocycles. The molecular weight excluding hydrogens is 288 g/mol. The van der Waals surface area contributed by atoms with E-state index in [2.05, 4.69) is 15.2 Å². The smallest absolute Gasteiger partial charge is 0.211 e. The molecule has 0 bridgehead atoms. The van der Waals surface area contributed by atoms with Crippen LogP contribution >= 0.6 is 0 Å². The maximum Gasteiger partial charge on any atom is 0.211 e. The fourth-order valence-electron chi connectivity index (χ4n) is 2.76. The van der Waals surface area contributed by atoms with Gasteiger partial charge in [-0.3, -0.25) is 5.10 Å². The molecule has 0 aliphatic carbocycles. The van der Waals surface area contributed by atoms with Gasteiger partial charge in [-0.2, -0.15) is 9.40 Å². The Bertz CT molecular complexity index is 754. The van der Waals surface area contributed by atoms with E-state index in [9.17, 15) is 8.42 Å². The fraction of sp³-hybridized carbons (Fsp3) is 0.429. The maximum absolute atomic E-state index is 11.9.